The first-order chi connectivity index (χ1) is 9.28. The number of rotatable bonds is 3. The molecule has 2 heterocycles. The molecule has 8 nitrogen and oxygen atoms in total. The van der Waals surface area contributed by atoms with Crippen molar-refractivity contribution >= 4 is 5.82 Å². The van der Waals surface area contributed by atoms with Gasteiger partial charge >= 0.3 is 0 Å². The van der Waals surface area contributed by atoms with E-state index in [-0.39, 0.29) is 17.4 Å². The van der Waals surface area contributed by atoms with Gasteiger partial charge in [-0.1, -0.05) is 5.16 Å². The fraction of sp³-hybridized carbons (Fsp3) is 0.0909. The van der Waals surface area contributed by atoms with E-state index < -0.39 is 0 Å². The lowest BCUT2D eigenvalue weighted by molar-refractivity contribution is 0.308. The maximum absolute atomic E-state index is 5.55. The van der Waals surface area contributed by atoms with E-state index in [1.165, 1.54) is 0 Å². The molecule has 3 rings (SSSR count). The topological polar surface area (TPSA) is 113 Å². The van der Waals surface area contributed by atoms with Gasteiger partial charge in [0, 0.05) is 5.56 Å². The number of anilines is 1. The second kappa shape index (κ2) is 4.41. The smallest absolute Gasteiger partial charge is 0.284 e. The number of nitrogens with zero attached hydrogens (tertiary/aromatic N) is 4. The molecule has 0 saturated heterocycles. The zero-order valence-corrected chi connectivity index (χ0v) is 9.90. The molecule has 0 aliphatic carbocycles. The quantitative estimate of drug-likeness (QED) is 0.750. The zero-order valence-electron chi connectivity index (χ0n) is 9.90. The molecular formula is C11H9N5O3. The Kier molecular flexibility index (Phi) is 2.60. The largest absolute Gasteiger partial charge is 0.497 e. The van der Waals surface area contributed by atoms with Gasteiger partial charge in [0.15, 0.2) is 0 Å². The third kappa shape index (κ3) is 1.99. The zero-order chi connectivity index (χ0) is 13.2. The van der Waals surface area contributed by atoms with Crippen molar-refractivity contribution < 1.29 is 13.9 Å². The molecular weight excluding hydrogens is 250 g/mol. The van der Waals surface area contributed by atoms with Crippen molar-refractivity contribution in [2.24, 2.45) is 0 Å². The third-order valence-corrected chi connectivity index (χ3v) is 2.49. The minimum Gasteiger partial charge on any atom is -0.497 e. The molecule has 0 fully saturated rings. The molecule has 0 atom stereocenters. The van der Waals surface area contributed by atoms with Crippen LogP contribution in [0.15, 0.2) is 33.4 Å². The van der Waals surface area contributed by atoms with Crippen LogP contribution < -0.4 is 10.5 Å². The monoisotopic (exact) mass is 259 g/mol. The summed E-state index contributed by atoms with van der Waals surface area (Å²) < 4.78 is 14.6. The molecule has 2 N–H and O–H groups in total. The maximum atomic E-state index is 5.55. The number of methoxy groups -OCH3 is 1. The molecule has 0 radical (unpaired) electrons. The average Bonchev–Trinajstić information content (AvgIpc) is 3.07. The summed E-state index contributed by atoms with van der Waals surface area (Å²) in [6, 6.07) is 7.24. The minimum absolute atomic E-state index is 0.102. The Morgan fingerprint density at radius 3 is 2.53 bits per heavy atom. The number of nitrogen functional groups attached to an aromatic ring is 1. The average molecular weight is 259 g/mol. The van der Waals surface area contributed by atoms with E-state index in [0.29, 0.717) is 5.82 Å². The highest BCUT2D eigenvalue weighted by molar-refractivity contribution is 5.63. The number of hydrogen-bond donors (Lipinski definition) is 1. The summed E-state index contributed by atoms with van der Waals surface area (Å²) in [7, 11) is 1.60. The molecule has 1 aromatic carbocycles. The summed E-state index contributed by atoms with van der Waals surface area (Å²) in [5, 5.41) is 10.9. The van der Waals surface area contributed by atoms with E-state index in [4.69, 9.17) is 15.0 Å². The second-order valence-corrected chi connectivity index (χ2v) is 3.65. The van der Waals surface area contributed by atoms with Gasteiger partial charge in [0.2, 0.25) is 17.3 Å². The number of ether oxygens (including phenoxy) is 1. The van der Waals surface area contributed by atoms with Crippen molar-refractivity contribution in [3.8, 4) is 28.7 Å². The molecule has 0 aliphatic heterocycles. The molecule has 96 valence electrons. The fourth-order valence-corrected chi connectivity index (χ4v) is 1.52. The lowest BCUT2D eigenvalue weighted by Crippen LogP contribution is -1.88. The second-order valence-electron chi connectivity index (χ2n) is 3.65. The molecule has 0 saturated carbocycles. The molecule has 0 unspecified atom stereocenters. The Labute approximate surface area is 107 Å². The van der Waals surface area contributed by atoms with E-state index in [9.17, 15) is 0 Å². The number of aromatic nitrogens is 4. The van der Waals surface area contributed by atoms with Crippen molar-refractivity contribution in [2.45, 2.75) is 0 Å². The molecule has 2 aromatic heterocycles. The highest BCUT2D eigenvalue weighted by Crippen LogP contribution is 2.24. The molecule has 0 aliphatic rings. The summed E-state index contributed by atoms with van der Waals surface area (Å²) in [6.45, 7) is 0. The first-order valence-electron chi connectivity index (χ1n) is 5.34. The molecule has 19 heavy (non-hydrogen) atoms. The maximum Gasteiger partial charge on any atom is 0.284 e. The van der Waals surface area contributed by atoms with Crippen LogP contribution in [0.5, 0.6) is 5.75 Å². The third-order valence-electron chi connectivity index (χ3n) is 2.49. The number of nitrogens with two attached hydrogens (primary N) is 1. The van der Waals surface area contributed by atoms with Crippen LogP contribution in [0.25, 0.3) is 23.0 Å². The Hall–Kier alpha value is -2.90. The summed E-state index contributed by atoms with van der Waals surface area (Å²) in [4.78, 5) is 4.18. The normalized spacial score (nSPS) is 10.6. The van der Waals surface area contributed by atoms with Crippen molar-refractivity contribution in [3.05, 3.63) is 24.3 Å². The number of benzene rings is 1. The van der Waals surface area contributed by atoms with Gasteiger partial charge in [0.05, 0.1) is 7.11 Å². The van der Waals surface area contributed by atoms with Crippen LogP contribution in [0.4, 0.5) is 5.82 Å². The van der Waals surface area contributed by atoms with Crippen LogP contribution in [0.2, 0.25) is 0 Å². The van der Waals surface area contributed by atoms with E-state index in [0.717, 1.165) is 11.3 Å². The summed E-state index contributed by atoms with van der Waals surface area (Å²) in [5.74, 6) is 1.42. The first kappa shape index (κ1) is 11.2. The highest BCUT2D eigenvalue weighted by atomic mass is 16.6. The predicted octanol–water partition coefficient (Wildman–Crippen LogP) is 1.38. The van der Waals surface area contributed by atoms with Crippen LogP contribution in [-0.2, 0) is 0 Å². The van der Waals surface area contributed by atoms with Gasteiger partial charge in [-0.05, 0) is 34.6 Å². The van der Waals surface area contributed by atoms with Gasteiger partial charge in [-0.15, -0.1) is 0 Å². The van der Waals surface area contributed by atoms with Crippen LogP contribution >= 0.6 is 0 Å². The van der Waals surface area contributed by atoms with E-state index in [1.807, 2.05) is 12.1 Å². The summed E-state index contributed by atoms with van der Waals surface area (Å²) in [5.41, 5.74) is 6.56. The van der Waals surface area contributed by atoms with Gasteiger partial charge in [0.25, 0.3) is 5.89 Å². The van der Waals surface area contributed by atoms with Crippen LogP contribution in [0, 0.1) is 0 Å². The van der Waals surface area contributed by atoms with Crippen LogP contribution in [-0.4, -0.2) is 27.6 Å². The van der Waals surface area contributed by atoms with Crippen molar-refractivity contribution in [1.29, 1.82) is 0 Å². The van der Waals surface area contributed by atoms with E-state index >= 15 is 0 Å². The van der Waals surface area contributed by atoms with E-state index in [2.05, 4.69) is 25.1 Å². The van der Waals surface area contributed by atoms with Crippen molar-refractivity contribution in [3.63, 3.8) is 0 Å². The summed E-state index contributed by atoms with van der Waals surface area (Å²) in [6.07, 6.45) is 0. The Morgan fingerprint density at radius 1 is 1.11 bits per heavy atom. The molecule has 0 amide bonds. The van der Waals surface area contributed by atoms with Crippen LogP contribution in [0.3, 0.4) is 0 Å². The Bertz CT molecular complexity index is 688. The molecule has 0 spiro atoms. The van der Waals surface area contributed by atoms with Crippen LogP contribution in [0.1, 0.15) is 0 Å². The highest BCUT2D eigenvalue weighted by Gasteiger charge is 2.17. The lowest BCUT2D eigenvalue weighted by atomic mass is 10.2. The standard InChI is InChI=1S/C11H9N5O3/c1-17-7-4-2-6(3-5-7)10-13-11(18-16-10)8-9(12)15-19-14-8/h2-5H,1H3,(H2,12,15). The van der Waals surface area contributed by atoms with Gasteiger partial charge in [0.1, 0.15) is 5.75 Å². The van der Waals surface area contributed by atoms with E-state index in [1.54, 1.807) is 19.2 Å². The minimum atomic E-state index is 0.102. The fourth-order valence-electron chi connectivity index (χ4n) is 1.52. The molecule has 8 heteroatoms. The predicted molar refractivity (Wildman–Crippen MR) is 64.0 cm³/mol. The van der Waals surface area contributed by atoms with Crippen molar-refractivity contribution in [2.75, 3.05) is 12.8 Å². The lowest BCUT2D eigenvalue weighted by Gasteiger charge is -1.98. The summed E-state index contributed by atoms with van der Waals surface area (Å²) >= 11 is 0. The van der Waals surface area contributed by atoms with Gasteiger partial charge in [-0.3, -0.25) is 0 Å². The Balaban J connectivity index is 1.94. The molecule has 3 aromatic rings. The number of hydrogen-bond acceptors (Lipinski definition) is 8. The molecule has 0 bridgehead atoms. The first-order valence-corrected chi connectivity index (χ1v) is 5.34. The van der Waals surface area contributed by atoms with Crippen molar-refractivity contribution in [1.82, 2.24) is 20.5 Å². The Morgan fingerprint density at radius 2 is 1.89 bits per heavy atom. The van der Waals surface area contributed by atoms with Gasteiger partial charge in [-0.25, -0.2) is 4.63 Å². The van der Waals surface area contributed by atoms with Gasteiger partial charge < -0.3 is 15.0 Å². The SMILES string of the molecule is COc1ccc(-c2noc(-c3nonc3N)n2)cc1. The van der Waals surface area contributed by atoms with Gasteiger partial charge in [-0.2, -0.15) is 4.98 Å².